The molecule has 3 rings (SSSR count). The summed E-state index contributed by atoms with van der Waals surface area (Å²) in [6.45, 7) is 1.05. The fourth-order valence-corrected chi connectivity index (χ4v) is 2.18. The van der Waals surface area contributed by atoms with Gasteiger partial charge in [0.15, 0.2) is 5.69 Å². The molecule has 0 unspecified atom stereocenters. The SMILES string of the molecule is O=C(Nc1cccnc1C(=O)O)c1ccc2c(c1)COC2. The topological polar surface area (TPSA) is 88.5 Å². The minimum Gasteiger partial charge on any atom is -0.476 e. The van der Waals surface area contributed by atoms with Crippen LogP contribution in [0.15, 0.2) is 36.5 Å². The van der Waals surface area contributed by atoms with Crippen molar-refractivity contribution in [3.63, 3.8) is 0 Å². The maximum atomic E-state index is 12.2. The molecular formula is C15H12N2O4. The van der Waals surface area contributed by atoms with E-state index in [0.29, 0.717) is 18.8 Å². The van der Waals surface area contributed by atoms with Crippen LogP contribution in [0, 0.1) is 0 Å². The lowest BCUT2D eigenvalue weighted by atomic mass is 10.1. The number of carboxylic acid groups (broad SMARTS) is 1. The van der Waals surface area contributed by atoms with Gasteiger partial charge in [0.05, 0.1) is 18.9 Å². The van der Waals surface area contributed by atoms with Crippen LogP contribution < -0.4 is 5.32 Å². The Kier molecular flexibility index (Phi) is 3.37. The molecule has 0 spiro atoms. The predicted molar refractivity (Wildman–Crippen MR) is 74.1 cm³/mol. The van der Waals surface area contributed by atoms with Gasteiger partial charge in [-0.2, -0.15) is 0 Å². The molecule has 1 aliphatic heterocycles. The van der Waals surface area contributed by atoms with Crippen LogP contribution in [0.1, 0.15) is 32.0 Å². The number of carbonyl (C=O) groups excluding carboxylic acids is 1. The van der Waals surface area contributed by atoms with Crippen LogP contribution in [0.3, 0.4) is 0 Å². The van der Waals surface area contributed by atoms with Gasteiger partial charge in [0, 0.05) is 11.8 Å². The summed E-state index contributed by atoms with van der Waals surface area (Å²) < 4.78 is 5.30. The average Bonchev–Trinajstić information content (AvgIpc) is 2.94. The molecule has 1 aromatic carbocycles. The van der Waals surface area contributed by atoms with E-state index in [1.807, 2.05) is 6.07 Å². The van der Waals surface area contributed by atoms with Crippen molar-refractivity contribution in [2.75, 3.05) is 5.32 Å². The zero-order valence-corrected chi connectivity index (χ0v) is 11.0. The van der Waals surface area contributed by atoms with E-state index in [1.165, 1.54) is 12.3 Å². The Balaban J connectivity index is 1.85. The second kappa shape index (κ2) is 5.34. The third-order valence-electron chi connectivity index (χ3n) is 3.24. The van der Waals surface area contributed by atoms with Crippen molar-refractivity contribution in [2.24, 2.45) is 0 Å². The highest BCUT2D eigenvalue weighted by atomic mass is 16.5. The van der Waals surface area contributed by atoms with Gasteiger partial charge in [-0.3, -0.25) is 4.79 Å². The van der Waals surface area contributed by atoms with Crippen molar-refractivity contribution in [3.8, 4) is 0 Å². The summed E-state index contributed by atoms with van der Waals surface area (Å²) in [6, 6.07) is 8.37. The first-order valence-electron chi connectivity index (χ1n) is 6.34. The van der Waals surface area contributed by atoms with E-state index in [4.69, 9.17) is 9.84 Å². The van der Waals surface area contributed by atoms with Crippen LogP contribution in [0.5, 0.6) is 0 Å². The molecule has 2 heterocycles. The van der Waals surface area contributed by atoms with E-state index in [1.54, 1.807) is 18.2 Å². The lowest BCUT2D eigenvalue weighted by Crippen LogP contribution is -2.16. The van der Waals surface area contributed by atoms with Crippen LogP contribution >= 0.6 is 0 Å². The van der Waals surface area contributed by atoms with E-state index in [0.717, 1.165) is 11.1 Å². The zero-order chi connectivity index (χ0) is 14.8. The zero-order valence-electron chi connectivity index (χ0n) is 11.0. The van der Waals surface area contributed by atoms with Gasteiger partial charge >= 0.3 is 5.97 Å². The molecule has 0 atom stereocenters. The standard InChI is InChI=1S/C15H12N2O4/c18-14(9-3-4-10-7-21-8-11(10)6-9)17-12-2-1-5-16-13(12)15(19)20/h1-6H,7-8H2,(H,17,18)(H,19,20). The van der Waals surface area contributed by atoms with Gasteiger partial charge in [0.25, 0.3) is 5.91 Å². The molecule has 0 saturated heterocycles. The van der Waals surface area contributed by atoms with Gasteiger partial charge in [-0.25, -0.2) is 9.78 Å². The molecule has 2 N–H and O–H groups in total. The lowest BCUT2D eigenvalue weighted by molar-refractivity contribution is 0.0691. The number of carbonyl (C=O) groups is 2. The molecule has 6 heteroatoms. The molecule has 6 nitrogen and oxygen atoms in total. The summed E-state index contributed by atoms with van der Waals surface area (Å²) >= 11 is 0. The van der Waals surface area contributed by atoms with Gasteiger partial charge in [0.2, 0.25) is 0 Å². The number of amides is 1. The molecule has 1 aromatic heterocycles. The summed E-state index contributed by atoms with van der Waals surface area (Å²) in [7, 11) is 0. The monoisotopic (exact) mass is 284 g/mol. The number of nitrogens with zero attached hydrogens (tertiary/aromatic N) is 1. The first-order valence-corrected chi connectivity index (χ1v) is 6.34. The van der Waals surface area contributed by atoms with Crippen LogP contribution in [-0.4, -0.2) is 22.0 Å². The Bertz CT molecular complexity index is 727. The lowest BCUT2D eigenvalue weighted by Gasteiger charge is -2.08. The minimum atomic E-state index is -1.19. The second-order valence-electron chi connectivity index (χ2n) is 4.64. The fraction of sp³-hybridized carbons (Fsp3) is 0.133. The quantitative estimate of drug-likeness (QED) is 0.900. The van der Waals surface area contributed by atoms with E-state index in [9.17, 15) is 9.59 Å². The third-order valence-corrected chi connectivity index (χ3v) is 3.24. The minimum absolute atomic E-state index is 0.173. The third kappa shape index (κ3) is 2.61. The number of rotatable bonds is 3. The summed E-state index contributed by atoms with van der Waals surface area (Å²) in [5, 5.41) is 11.6. The number of ether oxygens (including phenoxy) is 1. The number of pyridine rings is 1. The maximum Gasteiger partial charge on any atom is 0.356 e. The molecule has 1 aliphatic rings. The fourth-order valence-electron chi connectivity index (χ4n) is 2.18. The summed E-state index contributed by atoms with van der Waals surface area (Å²) in [5.74, 6) is -1.56. The predicted octanol–water partition coefficient (Wildman–Crippen LogP) is 2.06. The average molecular weight is 284 g/mol. The molecule has 0 bridgehead atoms. The van der Waals surface area contributed by atoms with Crippen molar-refractivity contribution in [2.45, 2.75) is 13.2 Å². The van der Waals surface area contributed by atoms with E-state index >= 15 is 0 Å². The molecule has 1 amide bonds. The smallest absolute Gasteiger partial charge is 0.356 e. The molecule has 0 aliphatic carbocycles. The molecular weight excluding hydrogens is 272 g/mol. The Morgan fingerprint density at radius 3 is 2.81 bits per heavy atom. The van der Waals surface area contributed by atoms with Gasteiger partial charge in [-0.05, 0) is 35.4 Å². The van der Waals surface area contributed by atoms with Crippen LogP contribution in [0.4, 0.5) is 5.69 Å². The van der Waals surface area contributed by atoms with Crippen molar-refractivity contribution in [3.05, 3.63) is 58.9 Å². The molecule has 106 valence electrons. The molecule has 21 heavy (non-hydrogen) atoms. The largest absolute Gasteiger partial charge is 0.476 e. The number of aromatic carboxylic acids is 1. The second-order valence-corrected chi connectivity index (χ2v) is 4.64. The number of hydrogen-bond donors (Lipinski definition) is 2. The first kappa shape index (κ1) is 13.3. The number of fused-ring (bicyclic) bond motifs is 1. The van der Waals surface area contributed by atoms with E-state index in [2.05, 4.69) is 10.3 Å². The Labute approximate surface area is 120 Å². The molecule has 0 radical (unpaired) electrons. The highest BCUT2D eigenvalue weighted by Gasteiger charge is 2.17. The summed E-state index contributed by atoms with van der Waals surface area (Å²) in [4.78, 5) is 27.0. The highest BCUT2D eigenvalue weighted by molar-refractivity contribution is 6.07. The Morgan fingerprint density at radius 1 is 1.19 bits per heavy atom. The van der Waals surface area contributed by atoms with E-state index < -0.39 is 5.97 Å². The number of benzene rings is 1. The van der Waals surface area contributed by atoms with Crippen molar-refractivity contribution in [1.29, 1.82) is 0 Å². The number of aromatic nitrogens is 1. The highest BCUT2D eigenvalue weighted by Crippen LogP contribution is 2.22. The number of hydrogen-bond acceptors (Lipinski definition) is 4. The molecule has 2 aromatic rings. The Hall–Kier alpha value is -2.73. The van der Waals surface area contributed by atoms with Crippen LogP contribution in [0.2, 0.25) is 0 Å². The number of carboxylic acids is 1. The van der Waals surface area contributed by atoms with Gasteiger partial charge in [0.1, 0.15) is 0 Å². The van der Waals surface area contributed by atoms with Gasteiger partial charge in [-0.15, -0.1) is 0 Å². The molecule has 0 saturated carbocycles. The molecule has 0 fully saturated rings. The Morgan fingerprint density at radius 2 is 2.00 bits per heavy atom. The van der Waals surface area contributed by atoms with E-state index in [-0.39, 0.29) is 17.3 Å². The number of anilines is 1. The summed E-state index contributed by atoms with van der Waals surface area (Å²) in [6.07, 6.45) is 1.37. The van der Waals surface area contributed by atoms with Gasteiger partial charge < -0.3 is 15.2 Å². The van der Waals surface area contributed by atoms with Crippen molar-refractivity contribution >= 4 is 17.6 Å². The van der Waals surface area contributed by atoms with Gasteiger partial charge in [-0.1, -0.05) is 6.07 Å². The van der Waals surface area contributed by atoms with Crippen LogP contribution in [0.25, 0.3) is 0 Å². The summed E-state index contributed by atoms with van der Waals surface area (Å²) in [5.41, 5.74) is 2.49. The maximum absolute atomic E-state index is 12.2. The normalized spacial score (nSPS) is 12.8. The van der Waals surface area contributed by atoms with Crippen molar-refractivity contribution < 1.29 is 19.4 Å². The van der Waals surface area contributed by atoms with Crippen LogP contribution in [-0.2, 0) is 18.0 Å². The number of nitrogens with one attached hydrogen (secondary N) is 1. The van der Waals surface area contributed by atoms with Crippen molar-refractivity contribution in [1.82, 2.24) is 4.98 Å². The first-order chi connectivity index (χ1) is 10.1.